The predicted octanol–water partition coefficient (Wildman–Crippen LogP) is 1.60. The van der Waals surface area contributed by atoms with Crippen molar-refractivity contribution in [2.75, 3.05) is 0 Å². The fourth-order valence-electron chi connectivity index (χ4n) is 0.606. The van der Waals surface area contributed by atoms with Gasteiger partial charge >= 0.3 is 33.9 Å². The maximum Gasteiger partial charge on any atom is 0 e. The number of hydrogen-bond donors (Lipinski definition) is 0. The first kappa shape index (κ1) is 29.7. The maximum absolute atomic E-state index is 7.50. The van der Waals surface area contributed by atoms with E-state index in [2.05, 4.69) is 50.7 Å². The minimum atomic E-state index is 0. The van der Waals surface area contributed by atoms with Crippen molar-refractivity contribution in [3.05, 3.63) is 50.7 Å². The van der Waals surface area contributed by atoms with E-state index in [0.717, 1.165) is 0 Å². The average molecular weight is 268 g/mol. The van der Waals surface area contributed by atoms with Gasteiger partial charge in [-0.2, -0.15) is 0 Å². The summed E-state index contributed by atoms with van der Waals surface area (Å²) in [5, 5.41) is 0. The van der Waals surface area contributed by atoms with Gasteiger partial charge in [0.1, 0.15) is 0 Å². The van der Waals surface area contributed by atoms with E-state index in [4.69, 9.17) is 14.0 Å². The molecular formula is C10H9CrKO3. The first-order chi connectivity index (χ1) is 6.50. The van der Waals surface area contributed by atoms with E-state index < -0.39 is 0 Å². The van der Waals surface area contributed by atoms with Gasteiger partial charge in [0.15, 0.2) is 0 Å². The molecule has 0 heterocycles. The second-order valence-corrected chi connectivity index (χ2v) is 1.63. The molecule has 5 heteroatoms. The Hall–Kier alpha value is 0.869. The summed E-state index contributed by atoms with van der Waals surface area (Å²) in [6.07, 6.45) is 13.0. The Labute approximate surface area is 144 Å². The largest absolute Gasteiger partial charge is 0.0845 e. The quantitative estimate of drug-likeness (QED) is 0.364. The summed E-state index contributed by atoms with van der Waals surface area (Å²) in [5.74, 6) is 0. The molecule has 0 aromatic rings. The molecule has 0 aromatic heterocycles. The molecule has 0 bridgehead atoms. The number of hydrogen-bond acceptors (Lipinski definition) is 0. The Balaban J connectivity index is -0.0000000369. The Bertz CT molecular complexity index is 168. The molecule has 0 saturated heterocycles. The van der Waals surface area contributed by atoms with Crippen LogP contribution in [0.3, 0.4) is 0 Å². The molecule has 1 rings (SSSR count). The minimum absolute atomic E-state index is 0. The van der Waals surface area contributed by atoms with Crippen molar-refractivity contribution in [3.8, 4) is 0 Å². The summed E-state index contributed by atoms with van der Waals surface area (Å²) in [6.45, 7) is 13.5. The van der Waals surface area contributed by atoms with Crippen molar-refractivity contribution >= 4 is 51.4 Å². The van der Waals surface area contributed by atoms with E-state index in [1.54, 1.807) is 0 Å². The number of rotatable bonds is 0. The molecule has 0 aliphatic heterocycles. The van der Waals surface area contributed by atoms with Crippen LogP contribution in [-0.2, 0) is 31.3 Å². The molecule has 0 N–H and O–H groups in total. The normalized spacial score (nSPS) is 9.47. The fraction of sp³-hybridized carbons (Fsp3) is 0.200. The molecule has 0 amide bonds. The smallest absolute Gasteiger partial charge is 0 e. The summed E-state index contributed by atoms with van der Waals surface area (Å²) in [6, 6.07) is 0. The van der Waals surface area contributed by atoms with Gasteiger partial charge in [-0.15, -0.1) is 0 Å². The predicted molar refractivity (Wildman–Crippen MR) is 49.4 cm³/mol. The summed E-state index contributed by atoms with van der Waals surface area (Å²) >= 11 is 0. The van der Waals surface area contributed by atoms with Gasteiger partial charge in [-0.1, -0.05) is 24.3 Å². The first-order valence-electron chi connectivity index (χ1n) is 3.26. The van der Waals surface area contributed by atoms with Crippen LogP contribution in [0.15, 0.2) is 24.3 Å². The fourth-order valence-corrected chi connectivity index (χ4v) is 0.606. The van der Waals surface area contributed by atoms with Crippen molar-refractivity contribution in [2.24, 2.45) is 0 Å². The SMILES string of the molecule is [C-]#[O+].[C-]#[O+].[C-]#[O+].[CH]1C=CC=CCC1.[Cr].[K]. The van der Waals surface area contributed by atoms with Gasteiger partial charge in [0.2, 0.25) is 0 Å². The second-order valence-electron chi connectivity index (χ2n) is 1.63. The van der Waals surface area contributed by atoms with Crippen LogP contribution < -0.4 is 0 Å². The molecule has 1 aliphatic rings. The number of allylic oxidation sites excluding steroid dienone is 4. The van der Waals surface area contributed by atoms with Crippen molar-refractivity contribution in [1.29, 1.82) is 0 Å². The van der Waals surface area contributed by atoms with Crippen molar-refractivity contribution in [3.63, 3.8) is 0 Å². The molecule has 3 nitrogen and oxygen atoms in total. The average Bonchev–Trinajstić information content (AvgIpc) is 2.58. The second kappa shape index (κ2) is 46.2. The van der Waals surface area contributed by atoms with Crippen LogP contribution in [0.5, 0.6) is 0 Å². The molecule has 0 saturated carbocycles. The van der Waals surface area contributed by atoms with Gasteiger partial charge in [-0.05, 0) is 19.3 Å². The summed E-state index contributed by atoms with van der Waals surface area (Å²) in [4.78, 5) is 0. The van der Waals surface area contributed by atoms with Gasteiger partial charge in [0, 0.05) is 68.7 Å². The van der Waals surface area contributed by atoms with Crippen LogP contribution in [0, 0.1) is 26.4 Å². The van der Waals surface area contributed by atoms with E-state index >= 15 is 0 Å². The van der Waals surface area contributed by atoms with Crippen molar-refractivity contribution in [1.82, 2.24) is 0 Å². The van der Waals surface area contributed by atoms with Crippen LogP contribution in [0.2, 0.25) is 0 Å². The topological polar surface area (TPSA) is 59.7 Å². The molecule has 0 atom stereocenters. The van der Waals surface area contributed by atoms with Crippen molar-refractivity contribution < 1.29 is 31.3 Å². The van der Waals surface area contributed by atoms with E-state index in [-0.39, 0.29) is 68.7 Å². The van der Waals surface area contributed by atoms with Crippen LogP contribution in [-0.4, -0.2) is 51.4 Å². The van der Waals surface area contributed by atoms with Crippen LogP contribution in [0.1, 0.15) is 12.8 Å². The van der Waals surface area contributed by atoms with Gasteiger partial charge in [-0.3, -0.25) is 0 Å². The standard InChI is InChI=1S/C7H9.3CO.Cr.K/c1-2-4-6-7-5-3-1;3*1-2;;/h1-5H,6-7H2;;;;;. The van der Waals surface area contributed by atoms with E-state index in [1.165, 1.54) is 12.8 Å². The van der Waals surface area contributed by atoms with Crippen LogP contribution >= 0.6 is 0 Å². The molecule has 1 aliphatic carbocycles. The van der Waals surface area contributed by atoms with Gasteiger partial charge < -0.3 is 0 Å². The monoisotopic (exact) mass is 268 g/mol. The summed E-state index contributed by atoms with van der Waals surface area (Å²) in [5.41, 5.74) is 0. The van der Waals surface area contributed by atoms with Gasteiger partial charge in [-0.25, -0.2) is 0 Å². The maximum atomic E-state index is 7.50. The molecule has 2 radical (unpaired) electrons. The zero-order chi connectivity index (χ0) is 10.9. The Morgan fingerprint density at radius 2 is 1.20 bits per heavy atom. The van der Waals surface area contributed by atoms with Gasteiger partial charge in [0.05, 0.1) is 0 Å². The van der Waals surface area contributed by atoms with E-state index in [1.807, 2.05) is 0 Å². The molecular weight excluding hydrogens is 259 g/mol. The minimum Gasteiger partial charge on any atom is -0.0845 e. The van der Waals surface area contributed by atoms with Gasteiger partial charge in [0.25, 0.3) is 0 Å². The zero-order valence-electron chi connectivity index (χ0n) is 8.43. The Morgan fingerprint density at radius 1 is 0.733 bits per heavy atom. The first-order valence-corrected chi connectivity index (χ1v) is 3.26. The molecule has 0 aromatic carbocycles. The Kier molecular flexibility index (Phi) is 91.4. The van der Waals surface area contributed by atoms with Crippen molar-refractivity contribution in [2.45, 2.75) is 12.8 Å². The third-order valence-electron chi connectivity index (χ3n) is 0.994. The van der Waals surface area contributed by atoms with Crippen LogP contribution in [0.25, 0.3) is 0 Å². The molecule has 0 spiro atoms. The third kappa shape index (κ3) is 39.8. The Morgan fingerprint density at radius 3 is 1.67 bits per heavy atom. The van der Waals surface area contributed by atoms with E-state index in [9.17, 15) is 0 Å². The summed E-state index contributed by atoms with van der Waals surface area (Å²) in [7, 11) is 0. The molecule has 15 heavy (non-hydrogen) atoms. The molecule has 74 valence electrons. The zero-order valence-corrected chi connectivity index (χ0v) is 12.8. The third-order valence-corrected chi connectivity index (χ3v) is 0.994. The van der Waals surface area contributed by atoms with E-state index in [0.29, 0.717) is 0 Å². The molecule has 0 unspecified atom stereocenters. The van der Waals surface area contributed by atoms with Crippen LogP contribution in [0.4, 0.5) is 0 Å². The summed E-state index contributed by atoms with van der Waals surface area (Å²) < 4.78 is 22.5. The molecule has 0 fully saturated rings.